The van der Waals surface area contributed by atoms with Gasteiger partial charge in [0.1, 0.15) is 9.79 Å². The van der Waals surface area contributed by atoms with Crippen LogP contribution in [0.25, 0.3) is 0 Å². The van der Waals surface area contributed by atoms with Gasteiger partial charge in [-0.25, -0.2) is 0 Å². The van der Waals surface area contributed by atoms with Gasteiger partial charge in [0.15, 0.2) is 23.0 Å². The van der Waals surface area contributed by atoms with E-state index in [4.69, 9.17) is 9.11 Å². The molecule has 8 N–H and O–H groups in total. The molecule has 0 amide bonds. The van der Waals surface area contributed by atoms with E-state index < -0.39 is 53.0 Å². The molecule has 0 saturated heterocycles. The molecule has 12 nitrogen and oxygen atoms in total. The molecule has 0 heterocycles. The molecule has 30 heavy (non-hydrogen) atoms. The van der Waals surface area contributed by atoms with Crippen molar-refractivity contribution in [2.24, 2.45) is 0 Å². The lowest BCUT2D eigenvalue weighted by atomic mass is 10.2. The van der Waals surface area contributed by atoms with Gasteiger partial charge in [-0.3, -0.25) is 9.11 Å². The SMILES string of the molecule is O=S(=O)(O)c1ccc(CNCCNCc2ccc(S(=O)(=O)O)c(O)c2O)c(O)c1O. The van der Waals surface area contributed by atoms with E-state index in [2.05, 4.69) is 10.6 Å². The van der Waals surface area contributed by atoms with Gasteiger partial charge in [-0.05, 0) is 12.1 Å². The van der Waals surface area contributed by atoms with Crippen LogP contribution in [-0.2, 0) is 33.3 Å². The largest absolute Gasteiger partial charge is 0.504 e. The van der Waals surface area contributed by atoms with Gasteiger partial charge in [0.05, 0.1) is 0 Å². The highest BCUT2D eigenvalue weighted by Gasteiger charge is 2.21. The molecule has 166 valence electrons. The number of rotatable bonds is 9. The zero-order valence-electron chi connectivity index (χ0n) is 15.3. The summed E-state index contributed by atoms with van der Waals surface area (Å²) in [6, 6.07) is 4.34. The Balaban J connectivity index is 1.87. The van der Waals surface area contributed by atoms with E-state index in [1.54, 1.807) is 0 Å². The molecule has 0 radical (unpaired) electrons. The lowest BCUT2D eigenvalue weighted by Crippen LogP contribution is -2.26. The van der Waals surface area contributed by atoms with E-state index in [0.29, 0.717) is 13.1 Å². The first-order chi connectivity index (χ1) is 13.8. The first-order valence-corrected chi connectivity index (χ1v) is 11.2. The molecule has 0 aliphatic heterocycles. The van der Waals surface area contributed by atoms with Crippen molar-refractivity contribution in [3.05, 3.63) is 35.4 Å². The van der Waals surface area contributed by atoms with Crippen molar-refractivity contribution in [2.45, 2.75) is 22.9 Å². The van der Waals surface area contributed by atoms with Crippen LogP contribution in [0.1, 0.15) is 11.1 Å². The first kappa shape index (κ1) is 23.7. The topological polar surface area (TPSA) is 214 Å². The molecule has 0 aliphatic carbocycles. The van der Waals surface area contributed by atoms with Crippen molar-refractivity contribution < 1.29 is 46.4 Å². The highest BCUT2D eigenvalue weighted by molar-refractivity contribution is 7.86. The maximum atomic E-state index is 11.1. The van der Waals surface area contributed by atoms with Crippen molar-refractivity contribution in [3.63, 3.8) is 0 Å². The predicted molar refractivity (Wildman–Crippen MR) is 103 cm³/mol. The Morgan fingerprint density at radius 3 is 1.23 bits per heavy atom. The Kier molecular flexibility index (Phi) is 7.12. The van der Waals surface area contributed by atoms with E-state index in [1.165, 1.54) is 12.1 Å². The summed E-state index contributed by atoms with van der Waals surface area (Å²) in [5.41, 5.74) is 0.367. The molecule has 2 aromatic rings. The van der Waals surface area contributed by atoms with E-state index in [1.807, 2.05) is 0 Å². The summed E-state index contributed by atoms with van der Waals surface area (Å²) in [5.74, 6) is -3.30. The zero-order chi connectivity index (χ0) is 22.7. The standard InChI is InChI=1S/C16H20N2O10S2/c19-13-9(1-3-11(15(13)21)29(23,24)25)7-17-5-6-18-8-10-2-4-12(30(26,27)28)16(22)14(10)20/h1-4,17-22H,5-8H2,(H,23,24,25)(H,26,27,28). The Bertz CT molecular complexity index is 1060. The Labute approximate surface area is 171 Å². The summed E-state index contributed by atoms with van der Waals surface area (Å²) < 4.78 is 62.1. The summed E-state index contributed by atoms with van der Waals surface area (Å²) in [6.07, 6.45) is 0. The summed E-state index contributed by atoms with van der Waals surface area (Å²) >= 11 is 0. The van der Waals surface area contributed by atoms with Gasteiger partial charge in [-0.1, -0.05) is 12.1 Å². The smallest absolute Gasteiger partial charge is 0.298 e. The van der Waals surface area contributed by atoms with E-state index in [9.17, 15) is 37.3 Å². The predicted octanol–water partition coefficient (Wildman–Crippen LogP) is -0.118. The molecule has 0 atom stereocenters. The number of hydrogen-bond acceptors (Lipinski definition) is 10. The fourth-order valence-corrected chi connectivity index (χ4v) is 3.69. The number of aromatic hydroxyl groups is 4. The quantitative estimate of drug-likeness (QED) is 0.139. The molecule has 0 spiro atoms. The summed E-state index contributed by atoms with van der Waals surface area (Å²) in [5, 5.41) is 44.8. The van der Waals surface area contributed by atoms with Gasteiger partial charge in [0, 0.05) is 37.3 Å². The number of nitrogens with one attached hydrogen (secondary N) is 2. The number of hydrogen-bond donors (Lipinski definition) is 8. The molecule has 0 bridgehead atoms. The fraction of sp³-hybridized carbons (Fsp3) is 0.250. The van der Waals surface area contributed by atoms with Gasteiger partial charge >= 0.3 is 0 Å². The number of phenols is 4. The van der Waals surface area contributed by atoms with Crippen LogP contribution in [0.4, 0.5) is 0 Å². The third kappa shape index (κ3) is 5.50. The fourth-order valence-electron chi connectivity index (χ4n) is 2.53. The zero-order valence-corrected chi connectivity index (χ0v) is 16.9. The second-order valence-electron chi connectivity index (χ2n) is 6.14. The van der Waals surface area contributed by atoms with Crippen LogP contribution < -0.4 is 10.6 Å². The second-order valence-corrected chi connectivity index (χ2v) is 8.92. The molecule has 0 saturated carbocycles. The van der Waals surface area contributed by atoms with Gasteiger partial charge in [0.2, 0.25) is 0 Å². The summed E-state index contributed by atoms with van der Waals surface area (Å²) in [7, 11) is -9.35. The molecule has 2 aromatic carbocycles. The minimum absolute atomic E-state index is 0.0575. The summed E-state index contributed by atoms with van der Waals surface area (Å²) in [6.45, 7) is 0.774. The van der Waals surface area contributed by atoms with E-state index in [-0.39, 0.29) is 24.2 Å². The van der Waals surface area contributed by atoms with Crippen LogP contribution in [0.15, 0.2) is 34.1 Å². The van der Waals surface area contributed by atoms with Crippen LogP contribution in [-0.4, -0.2) is 59.5 Å². The van der Waals surface area contributed by atoms with Crippen molar-refractivity contribution in [3.8, 4) is 23.0 Å². The normalized spacial score (nSPS) is 12.2. The third-order valence-electron chi connectivity index (χ3n) is 4.06. The van der Waals surface area contributed by atoms with Crippen LogP contribution in [0, 0.1) is 0 Å². The van der Waals surface area contributed by atoms with Gasteiger partial charge in [0.25, 0.3) is 20.2 Å². The maximum absolute atomic E-state index is 11.1. The van der Waals surface area contributed by atoms with Crippen LogP contribution in [0.5, 0.6) is 23.0 Å². The molecule has 0 aliphatic rings. The number of phenolic OH excluding ortho intramolecular Hbond substituents is 4. The lowest BCUT2D eigenvalue weighted by Gasteiger charge is -2.12. The van der Waals surface area contributed by atoms with Crippen molar-refractivity contribution >= 4 is 20.2 Å². The maximum Gasteiger partial charge on any atom is 0.298 e. The van der Waals surface area contributed by atoms with Gasteiger partial charge in [-0.2, -0.15) is 16.8 Å². The van der Waals surface area contributed by atoms with Gasteiger partial charge in [-0.15, -0.1) is 0 Å². The molecule has 0 unspecified atom stereocenters. The lowest BCUT2D eigenvalue weighted by molar-refractivity contribution is 0.382. The highest BCUT2D eigenvalue weighted by atomic mass is 32.2. The van der Waals surface area contributed by atoms with Gasteiger partial charge < -0.3 is 31.1 Å². The minimum Gasteiger partial charge on any atom is -0.504 e. The molecular weight excluding hydrogens is 444 g/mol. The average Bonchev–Trinajstić information content (AvgIpc) is 2.62. The molecule has 14 heteroatoms. The third-order valence-corrected chi connectivity index (χ3v) is 5.83. The Morgan fingerprint density at radius 2 is 0.933 bits per heavy atom. The van der Waals surface area contributed by atoms with Crippen molar-refractivity contribution in [2.75, 3.05) is 13.1 Å². The van der Waals surface area contributed by atoms with Crippen LogP contribution in [0.2, 0.25) is 0 Å². The van der Waals surface area contributed by atoms with E-state index >= 15 is 0 Å². The second kappa shape index (κ2) is 9.03. The molecular formula is C16H20N2O10S2. The Morgan fingerprint density at radius 1 is 0.600 bits per heavy atom. The van der Waals surface area contributed by atoms with Crippen molar-refractivity contribution in [1.82, 2.24) is 10.6 Å². The van der Waals surface area contributed by atoms with E-state index in [0.717, 1.165) is 12.1 Å². The minimum atomic E-state index is -4.68. The Hall–Kier alpha value is -2.62. The van der Waals surface area contributed by atoms with Crippen LogP contribution in [0.3, 0.4) is 0 Å². The average molecular weight is 464 g/mol. The van der Waals surface area contributed by atoms with Crippen LogP contribution >= 0.6 is 0 Å². The first-order valence-electron chi connectivity index (χ1n) is 8.28. The molecule has 2 rings (SSSR count). The molecule has 0 aromatic heterocycles. The summed E-state index contributed by atoms with van der Waals surface area (Å²) in [4.78, 5) is -1.62. The highest BCUT2D eigenvalue weighted by Crippen LogP contribution is 2.36. The number of benzene rings is 2. The molecule has 0 fully saturated rings. The van der Waals surface area contributed by atoms with Crippen molar-refractivity contribution in [1.29, 1.82) is 0 Å². The monoisotopic (exact) mass is 464 g/mol.